The second-order valence-electron chi connectivity index (χ2n) is 3.79. The molecule has 78 valence electrons. The number of hydrogen-bond donors (Lipinski definition) is 0. The molecule has 0 unspecified atom stereocenters. The van der Waals surface area contributed by atoms with Crippen molar-refractivity contribution in [2.24, 2.45) is 0 Å². The number of pyridine rings is 1. The molecule has 16 heavy (non-hydrogen) atoms. The molecule has 0 saturated heterocycles. The summed E-state index contributed by atoms with van der Waals surface area (Å²) < 4.78 is 12.5. The topological polar surface area (TPSA) is 12.9 Å². The lowest BCUT2D eigenvalue weighted by Gasteiger charge is -2.03. The first-order valence-corrected chi connectivity index (χ1v) is 5.22. The van der Waals surface area contributed by atoms with Crippen LogP contribution in [0.2, 0.25) is 0 Å². The third-order valence-electron chi connectivity index (χ3n) is 2.79. The number of fused-ring (bicyclic) bond motifs is 3. The van der Waals surface area contributed by atoms with E-state index in [1.54, 1.807) is 6.07 Å². The Morgan fingerprint density at radius 1 is 0.875 bits per heavy atom. The summed E-state index contributed by atoms with van der Waals surface area (Å²) in [5, 5.41) is 3.43. The minimum atomic E-state index is -0.511. The Bertz CT molecular complexity index is 661. The fourth-order valence-electron chi connectivity index (χ4n) is 2.00. The number of alkyl halides is 1. The molecular weight excluding hydrogens is 201 g/mol. The number of halogens is 1. The first-order chi connectivity index (χ1) is 7.88. The predicted octanol–water partition coefficient (Wildman–Crippen LogP) is 3.86. The van der Waals surface area contributed by atoms with E-state index < -0.39 is 6.67 Å². The summed E-state index contributed by atoms with van der Waals surface area (Å²) in [7, 11) is 0. The second-order valence-corrected chi connectivity index (χ2v) is 3.79. The van der Waals surface area contributed by atoms with E-state index in [9.17, 15) is 4.39 Å². The van der Waals surface area contributed by atoms with E-state index in [0.29, 0.717) is 5.69 Å². The highest BCUT2D eigenvalue weighted by Gasteiger charge is 2.01. The van der Waals surface area contributed by atoms with E-state index in [-0.39, 0.29) is 0 Å². The van der Waals surface area contributed by atoms with Crippen LogP contribution in [0.25, 0.3) is 21.7 Å². The molecule has 1 heterocycles. The smallest absolute Gasteiger partial charge is 0.131 e. The van der Waals surface area contributed by atoms with E-state index in [2.05, 4.69) is 17.1 Å². The molecule has 0 aliphatic rings. The lowest BCUT2D eigenvalue weighted by Crippen LogP contribution is -1.87. The van der Waals surface area contributed by atoms with Crippen molar-refractivity contribution in [2.75, 3.05) is 0 Å². The summed E-state index contributed by atoms with van der Waals surface area (Å²) in [6.45, 7) is -0.511. The van der Waals surface area contributed by atoms with E-state index in [1.165, 1.54) is 5.39 Å². The first-order valence-electron chi connectivity index (χ1n) is 5.22. The van der Waals surface area contributed by atoms with E-state index >= 15 is 0 Å². The van der Waals surface area contributed by atoms with Crippen LogP contribution in [0.4, 0.5) is 4.39 Å². The van der Waals surface area contributed by atoms with Crippen molar-refractivity contribution in [3.8, 4) is 0 Å². The minimum absolute atomic E-state index is 0.489. The average molecular weight is 211 g/mol. The lowest BCUT2D eigenvalue weighted by molar-refractivity contribution is 0.477. The minimum Gasteiger partial charge on any atom is -0.250 e. The molecule has 0 N–H and O–H groups in total. The summed E-state index contributed by atoms with van der Waals surface area (Å²) in [4.78, 5) is 4.27. The maximum absolute atomic E-state index is 12.5. The monoisotopic (exact) mass is 211 g/mol. The Morgan fingerprint density at radius 2 is 1.75 bits per heavy atom. The van der Waals surface area contributed by atoms with Crippen molar-refractivity contribution in [2.45, 2.75) is 6.67 Å². The summed E-state index contributed by atoms with van der Waals surface area (Å²) >= 11 is 0. The molecule has 0 atom stereocenters. The van der Waals surface area contributed by atoms with Crippen LogP contribution < -0.4 is 0 Å². The molecule has 0 aliphatic carbocycles. The van der Waals surface area contributed by atoms with Crippen LogP contribution in [0.1, 0.15) is 5.69 Å². The third kappa shape index (κ3) is 1.34. The van der Waals surface area contributed by atoms with Crippen molar-refractivity contribution in [1.29, 1.82) is 0 Å². The molecule has 0 saturated carbocycles. The van der Waals surface area contributed by atoms with Gasteiger partial charge in [-0.2, -0.15) is 0 Å². The maximum atomic E-state index is 12.5. The van der Waals surface area contributed by atoms with Crippen molar-refractivity contribution in [3.63, 3.8) is 0 Å². The van der Waals surface area contributed by atoms with Gasteiger partial charge in [0.15, 0.2) is 0 Å². The maximum Gasteiger partial charge on any atom is 0.131 e. The molecule has 2 aromatic carbocycles. The zero-order valence-electron chi connectivity index (χ0n) is 8.65. The van der Waals surface area contributed by atoms with Gasteiger partial charge in [0.2, 0.25) is 0 Å². The summed E-state index contributed by atoms with van der Waals surface area (Å²) in [5.41, 5.74) is 1.34. The molecule has 0 aliphatic heterocycles. The highest BCUT2D eigenvalue weighted by molar-refractivity contribution is 6.05. The predicted molar refractivity (Wildman–Crippen MR) is 64.1 cm³/mol. The van der Waals surface area contributed by atoms with E-state index in [1.807, 2.05) is 30.3 Å². The van der Waals surface area contributed by atoms with Gasteiger partial charge < -0.3 is 0 Å². The molecule has 0 bridgehead atoms. The summed E-state index contributed by atoms with van der Waals surface area (Å²) in [6, 6.07) is 15.8. The van der Waals surface area contributed by atoms with Gasteiger partial charge in [0.05, 0.1) is 11.2 Å². The third-order valence-corrected chi connectivity index (χ3v) is 2.79. The average Bonchev–Trinajstić information content (AvgIpc) is 2.38. The largest absolute Gasteiger partial charge is 0.250 e. The second kappa shape index (κ2) is 3.56. The van der Waals surface area contributed by atoms with Gasteiger partial charge in [0.25, 0.3) is 0 Å². The fourth-order valence-corrected chi connectivity index (χ4v) is 2.00. The molecule has 1 nitrogen and oxygen atoms in total. The highest BCUT2D eigenvalue weighted by atomic mass is 19.1. The highest BCUT2D eigenvalue weighted by Crippen LogP contribution is 2.24. The SMILES string of the molecule is FCc1ccc2c(ccc3ccccc32)n1. The van der Waals surface area contributed by atoms with Gasteiger partial charge in [-0.1, -0.05) is 36.4 Å². The Kier molecular flexibility index (Phi) is 2.07. The van der Waals surface area contributed by atoms with Gasteiger partial charge in [-0.05, 0) is 22.9 Å². The molecule has 0 amide bonds. The van der Waals surface area contributed by atoms with Crippen LogP contribution in [0.15, 0.2) is 48.5 Å². The van der Waals surface area contributed by atoms with Gasteiger partial charge in [-0.15, -0.1) is 0 Å². The van der Waals surface area contributed by atoms with Gasteiger partial charge >= 0.3 is 0 Å². The van der Waals surface area contributed by atoms with Crippen LogP contribution in [-0.2, 0) is 6.67 Å². The molecule has 3 aromatic rings. The van der Waals surface area contributed by atoms with Gasteiger partial charge in [-0.25, -0.2) is 4.39 Å². The van der Waals surface area contributed by atoms with Crippen molar-refractivity contribution in [3.05, 3.63) is 54.2 Å². The summed E-state index contributed by atoms with van der Waals surface area (Å²) in [5.74, 6) is 0. The number of rotatable bonds is 1. The zero-order valence-corrected chi connectivity index (χ0v) is 8.65. The number of benzene rings is 2. The van der Waals surface area contributed by atoms with Gasteiger partial charge in [0.1, 0.15) is 6.67 Å². The number of aromatic nitrogens is 1. The molecular formula is C14H10FN. The van der Waals surface area contributed by atoms with E-state index in [4.69, 9.17) is 0 Å². The molecule has 0 fully saturated rings. The van der Waals surface area contributed by atoms with Crippen molar-refractivity contribution < 1.29 is 4.39 Å². The molecule has 1 aromatic heterocycles. The molecule has 2 heteroatoms. The Morgan fingerprint density at radius 3 is 2.62 bits per heavy atom. The van der Waals surface area contributed by atoms with Gasteiger partial charge in [0, 0.05) is 5.39 Å². The molecule has 0 spiro atoms. The Hall–Kier alpha value is -1.96. The van der Waals surface area contributed by atoms with Crippen LogP contribution in [0.5, 0.6) is 0 Å². The Labute approximate surface area is 92.5 Å². The quantitative estimate of drug-likeness (QED) is 0.557. The van der Waals surface area contributed by atoms with Gasteiger partial charge in [-0.3, -0.25) is 4.98 Å². The molecule has 3 rings (SSSR count). The number of hydrogen-bond acceptors (Lipinski definition) is 1. The first kappa shape index (κ1) is 9.28. The van der Waals surface area contributed by atoms with Crippen LogP contribution >= 0.6 is 0 Å². The zero-order chi connectivity index (χ0) is 11.0. The number of nitrogens with zero attached hydrogens (tertiary/aromatic N) is 1. The van der Waals surface area contributed by atoms with Crippen molar-refractivity contribution in [1.82, 2.24) is 4.98 Å². The lowest BCUT2D eigenvalue weighted by atomic mass is 10.1. The van der Waals surface area contributed by atoms with Crippen LogP contribution in [0.3, 0.4) is 0 Å². The Balaban J connectivity index is 2.43. The van der Waals surface area contributed by atoms with Crippen molar-refractivity contribution >= 4 is 21.7 Å². The standard InChI is InChI=1S/C14H10FN/c15-9-11-6-7-13-12-4-2-1-3-10(12)5-8-14(13)16-11/h1-8H,9H2. The van der Waals surface area contributed by atoms with Crippen LogP contribution in [0, 0.1) is 0 Å². The fraction of sp³-hybridized carbons (Fsp3) is 0.0714. The van der Waals surface area contributed by atoms with Crippen LogP contribution in [-0.4, -0.2) is 4.98 Å². The normalized spacial score (nSPS) is 11.1. The summed E-state index contributed by atoms with van der Waals surface area (Å²) in [6.07, 6.45) is 0. The van der Waals surface area contributed by atoms with E-state index in [0.717, 1.165) is 16.3 Å². The molecule has 0 radical (unpaired) electrons.